The Morgan fingerprint density at radius 1 is 0.159 bits per heavy atom. The molecule has 9 heteroatoms. The Bertz CT molecular complexity index is 8190. The predicted molar refractivity (Wildman–Crippen MR) is 521 cm³/mol. The van der Waals surface area contributed by atoms with Crippen LogP contribution in [0.3, 0.4) is 0 Å². The maximum absolute atomic E-state index is 5.36. The monoisotopic (exact) mass is 1610 g/mol. The normalized spacial score (nSPS) is 11.5. The van der Waals surface area contributed by atoms with Crippen LogP contribution in [0.4, 0.5) is 0 Å². The van der Waals surface area contributed by atoms with Crippen LogP contribution in [-0.4, -0.2) is 44.0 Å². The van der Waals surface area contributed by atoms with Crippen LogP contribution in [0.15, 0.2) is 455 Å². The zero-order valence-corrected chi connectivity index (χ0v) is 68.3. The van der Waals surface area contributed by atoms with Gasteiger partial charge in [0.15, 0.2) is 23.3 Å². The average Bonchev–Trinajstić information content (AvgIpc) is 1.55. The molecular formula is C117H75N9. The third-order valence-electron chi connectivity index (χ3n) is 24.2. The molecule has 6 aromatic heterocycles. The lowest BCUT2D eigenvalue weighted by Crippen LogP contribution is -2.00. The molecular weight excluding hydrogens is 1530 g/mol. The number of aromatic nitrogens is 9. The van der Waals surface area contributed by atoms with Crippen molar-refractivity contribution in [1.29, 1.82) is 0 Å². The third-order valence-corrected chi connectivity index (χ3v) is 24.2. The lowest BCUT2D eigenvalue weighted by atomic mass is 9.96. The number of benzene rings is 18. The van der Waals surface area contributed by atoms with Crippen LogP contribution in [-0.2, 0) is 0 Å². The molecule has 0 atom stereocenters. The summed E-state index contributed by atoms with van der Waals surface area (Å²) in [5.41, 5.74) is 29.2. The second-order valence-electron chi connectivity index (χ2n) is 31.8. The van der Waals surface area contributed by atoms with E-state index in [9.17, 15) is 0 Å². The van der Waals surface area contributed by atoms with Gasteiger partial charge in [-0.15, -0.1) is 0 Å². The fourth-order valence-electron chi connectivity index (χ4n) is 18.1. The molecule has 24 rings (SSSR count). The van der Waals surface area contributed by atoms with Crippen molar-refractivity contribution >= 4 is 87.0 Å². The number of nitrogens with zero attached hydrogens (tertiary/aromatic N) is 9. The van der Waals surface area contributed by atoms with E-state index >= 15 is 0 Å². The minimum Gasteiger partial charge on any atom is -0.307 e. The van der Waals surface area contributed by atoms with Crippen molar-refractivity contribution in [1.82, 2.24) is 44.0 Å². The fourth-order valence-corrected chi connectivity index (χ4v) is 18.1. The Labute approximate surface area is 727 Å². The van der Waals surface area contributed by atoms with Gasteiger partial charge in [0.2, 0.25) is 0 Å². The number of para-hydroxylation sites is 6. The lowest BCUT2D eigenvalue weighted by Gasteiger charge is -2.13. The molecule has 0 bridgehead atoms. The first-order chi connectivity index (χ1) is 62.4. The van der Waals surface area contributed by atoms with E-state index in [1.807, 2.05) is 48.5 Å². The van der Waals surface area contributed by atoms with Gasteiger partial charge >= 0.3 is 0 Å². The van der Waals surface area contributed by atoms with E-state index in [0.717, 1.165) is 167 Å². The van der Waals surface area contributed by atoms with Crippen molar-refractivity contribution in [2.45, 2.75) is 0 Å². The summed E-state index contributed by atoms with van der Waals surface area (Å²) in [6.45, 7) is 0. The van der Waals surface area contributed by atoms with Crippen molar-refractivity contribution in [2.24, 2.45) is 0 Å². The molecule has 9 nitrogen and oxygen atoms in total. The summed E-state index contributed by atoms with van der Waals surface area (Å²) in [4.78, 5) is 36.4. The van der Waals surface area contributed by atoms with E-state index in [1.54, 1.807) is 0 Å². The summed E-state index contributed by atoms with van der Waals surface area (Å²) in [5.74, 6) is 2.55. The van der Waals surface area contributed by atoms with Gasteiger partial charge in [-0.05, 0) is 145 Å². The highest BCUT2D eigenvalue weighted by atomic mass is 15.0. The lowest BCUT2D eigenvalue weighted by molar-refractivity contribution is 1.07. The van der Waals surface area contributed by atoms with E-state index in [2.05, 4.69) is 416 Å². The van der Waals surface area contributed by atoms with Gasteiger partial charge in [0.25, 0.3) is 0 Å². The molecule has 6 heterocycles. The summed E-state index contributed by atoms with van der Waals surface area (Å²) >= 11 is 0. The zero-order chi connectivity index (χ0) is 83.4. The minimum absolute atomic E-state index is 0.613. The molecule has 0 aliphatic rings. The number of fused-ring (bicyclic) bond motifs is 13. The van der Waals surface area contributed by atoms with E-state index in [4.69, 9.17) is 34.9 Å². The van der Waals surface area contributed by atoms with Crippen molar-refractivity contribution in [2.75, 3.05) is 0 Å². The first kappa shape index (κ1) is 74.1. The Morgan fingerprint density at radius 2 is 0.452 bits per heavy atom. The molecule has 0 fully saturated rings. The second kappa shape index (κ2) is 31.9. The van der Waals surface area contributed by atoms with Gasteiger partial charge in [0, 0.05) is 88.2 Å². The fraction of sp³-hybridized carbons (Fsp3) is 0. The van der Waals surface area contributed by atoms with E-state index < -0.39 is 0 Å². The quantitative estimate of drug-likeness (QED) is 0.1000. The van der Waals surface area contributed by atoms with Crippen LogP contribution < -0.4 is 0 Å². The van der Waals surface area contributed by atoms with Crippen molar-refractivity contribution in [3.63, 3.8) is 0 Å². The van der Waals surface area contributed by atoms with Crippen LogP contribution in [0.2, 0.25) is 0 Å². The van der Waals surface area contributed by atoms with Gasteiger partial charge in [-0.2, -0.15) is 0 Å². The largest absolute Gasteiger partial charge is 0.307 e. The van der Waals surface area contributed by atoms with Crippen LogP contribution in [0.1, 0.15) is 0 Å². The maximum Gasteiger partial charge on any atom is 0.164 e. The molecule has 24 aromatic rings. The SMILES string of the molecule is c1ccc(-c2cc(-c3ccc4ccc5ccccc5c4c3)nc(-c3ccc(-c4ccc(-c5nc6ccccc6c6c7ccccc7n(-c7ccccc7)c56)cc4)cc3)n2)cc1.c1ccc(-c2cc(-c3ccccc3)cc(-c3nc(-c4ccccc4)nc(-c4ccc(-c5ccc(-c6nc7ccccc7c7c8ccccc8n(-c8ccccc8)c67)cc5)cc4)n3)c2)cc1. The summed E-state index contributed by atoms with van der Waals surface area (Å²) in [5, 5.41) is 12.0. The molecule has 0 aliphatic heterocycles. The van der Waals surface area contributed by atoms with Gasteiger partial charge in [-0.1, -0.05) is 376 Å². The zero-order valence-electron chi connectivity index (χ0n) is 68.3. The molecule has 0 unspecified atom stereocenters. The molecule has 0 radical (unpaired) electrons. The molecule has 0 N–H and O–H groups in total. The highest BCUT2D eigenvalue weighted by Crippen LogP contribution is 2.46. The molecule has 0 saturated carbocycles. The molecule has 0 amide bonds. The molecule has 0 aliphatic carbocycles. The van der Waals surface area contributed by atoms with Gasteiger partial charge in [-0.3, -0.25) is 0 Å². The first-order valence-corrected chi connectivity index (χ1v) is 42.6. The van der Waals surface area contributed by atoms with Gasteiger partial charge in [-0.25, -0.2) is 34.9 Å². The average molecular weight is 1610 g/mol. The van der Waals surface area contributed by atoms with Crippen LogP contribution in [0.5, 0.6) is 0 Å². The number of hydrogen-bond acceptors (Lipinski definition) is 7. The Kier molecular flexibility index (Phi) is 18.7. The van der Waals surface area contributed by atoms with Crippen molar-refractivity contribution in [3.8, 4) is 146 Å². The molecule has 126 heavy (non-hydrogen) atoms. The standard InChI is InChI=1S/C60H39N5.C57H36N4/c1-5-17-40(18-6-1)47-37-48(41-19-7-2-8-20-41)39-49(38-47)60-63-58(45-21-9-3-10-22-45)62-59(64-60)46-35-31-43(32-36-46)42-29-33-44(34-30-42)56-57-55(51-25-13-15-27-53(51)61-56)52-26-14-16-28-54(52)65(57)50-23-11-4-12-24-50;1-3-14-41(15-4-1)51-36-52(44-34-29-40-28-27-39-13-7-8-18-46(39)49(40)35-44)60-57(59-51)43-32-25-38(26-33-43)37-23-30-42(31-24-37)55-56-54(47-19-9-11-21-50(47)58-55)48-20-10-12-22-53(48)61(56)45-16-5-2-6-17-45/h1-39H;1-36H. The van der Waals surface area contributed by atoms with Gasteiger partial charge in [0.05, 0.1) is 55.9 Å². The summed E-state index contributed by atoms with van der Waals surface area (Å²) in [7, 11) is 0. The summed E-state index contributed by atoms with van der Waals surface area (Å²) < 4.78 is 4.73. The second-order valence-corrected chi connectivity index (χ2v) is 31.8. The first-order valence-electron chi connectivity index (χ1n) is 42.6. The predicted octanol–water partition coefficient (Wildman–Crippen LogP) is 29.9. The van der Waals surface area contributed by atoms with Crippen LogP contribution in [0, 0.1) is 0 Å². The maximum atomic E-state index is 5.36. The van der Waals surface area contributed by atoms with Gasteiger partial charge < -0.3 is 9.13 Å². The number of hydrogen-bond donors (Lipinski definition) is 0. The molecule has 588 valence electrons. The van der Waals surface area contributed by atoms with E-state index in [-0.39, 0.29) is 0 Å². The number of pyridine rings is 2. The summed E-state index contributed by atoms with van der Waals surface area (Å²) in [6, 6.07) is 160. The number of rotatable bonds is 14. The van der Waals surface area contributed by atoms with E-state index in [1.165, 1.54) is 43.1 Å². The highest BCUT2D eigenvalue weighted by Gasteiger charge is 2.25. The molecule has 0 saturated heterocycles. The molecule has 18 aromatic carbocycles. The van der Waals surface area contributed by atoms with Gasteiger partial charge in [0.1, 0.15) is 0 Å². The van der Waals surface area contributed by atoms with Crippen molar-refractivity contribution < 1.29 is 0 Å². The Morgan fingerprint density at radius 3 is 0.905 bits per heavy atom. The third kappa shape index (κ3) is 13.7. The summed E-state index contributed by atoms with van der Waals surface area (Å²) in [6.07, 6.45) is 0. The topological polar surface area (TPSA) is 100 Å². The van der Waals surface area contributed by atoms with E-state index in [0.29, 0.717) is 23.3 Å². The van der Waals surface area contributed by atoms with Crippen LogP contribution in [0.25, 0.3) is 233 Å². The minimum atomic E-state index is 0.613. The van der Waals surface area contributed by atoms with Crippen LogP contribution >= 0.6 is 0 Å². The van der Waals surface area contributed by atoms with Crippen molar-refractivity contribution in [3.05, 3.63) is 455 Å². The Balaban J connectivity index is 0.000000145. The Hall–Kier alpha value is -17.0. The highest BCUT2D eigenvalue weighted by molar-refractivity contribution is 6.25. The smallest absolute Gasteiger partial charge is 0.164 e. The molecule has 0 spiro atoms.